The number of hydrogen-bond donors (Lipinski definition) is 2. The fourth-order valence-corrected chi connectivity index (χ4v) is 4.68. The minimum absolute atomic E-state index is 0.306. The lowest BCUT2D eigenvalue weighted by molar-refractivity contribution is 0.191. The lowest BCUT2D eigenvalue weighted by Crippen LogP contribution is -2.08. The molecule has 5 rings (SSSR count). The summed E-state index contributed by atoms with van der Waals surface area (Å²) in [5.74, 6) is -0.0460. The van der Waals surface area contributed by atoms with Crippen molar-refractivity contribution in [3.63, 3.8) is 0 Å². The van der Waals surface area contributed by atoms with Crippen molar-refractivity contribution >= 4 is 22.2 Å². The molecule has 0 amide bonds. The number of aromatic nitrogens is 4. The van der Waals surface area contributed by atoms with Crippen LogP contribution in [-0.2, 0) is 11.2 Å². The average Bonchev–Trinajstić information content (AvgIpc) is 3.49. The largest absolute Gasteiger partial charge is 0.385 e. The van der Waals surface area contributed by atoms with E-state index in [9.17, 15) is 4.39 Å². The molecule has 35 heavy (non-hydrogen) atoms. The Morgan fingerprint density at radius 2 is 2.03 bits per heavy atom. The summed E-state index contributed by atoms with van der Waals surface area (Å²) in [5.41, 5.74) is 6.95. The van der Waals surface area contributed by atoms with E-state index in [2.05, 4.69) is 51.0 Å². The molecule has 1 aromatic carbocycles. The van der Waals surface area contributed by atoms with Crippen molar-refractivity contribution in [2.24, 2.45) is 0 Å². The topological polar surface area (TPSA) is 67.2 Å². The van der Waals surface area contributed by atoms with Gasteiger partial charge in [0.05, 0.1) is 11.9 Å². The first-order chi connectivity index (χ1) is 17.1. The Bertz CT molecular complexity index is 1440. The van der Waals surface area contributed by atoms with Gasteiger partial charge in [0, 0.05) is 72.8 Å². The Hall–Kier alpha value is -3.71. The molecule has 6 nitrogen and oxygen atoms in total. The van der Waals surface area contributed by atoms with Gasteiger partial charge in [0.1, 0.15) is 5.82 Å². The van der Waals surface area contributed by atoms with E-state index >= 15 is 0 Å². The SMILES string of the molecule is COCCCC(C)c1cnc2c(NCCc3c[nH]c4ccccc34)cc(-c3cncc(F)c3)cn12. The molecule has 0 aliphatic heterocycles. The molecule has 2 N–H and O–H groups in total. The molecule has 0 saturated carbocycles. The number of imidazole rings is 1. The van der Waals surface area contributed by atoms with Gasteiger partial charge < -0.3 is 19.4 Å². The molecule has 0 radical (unpaired) electrons. The maximum Gasteiger partial charge on any atom is 0.160 e. The molecule has 1 atom stereocenters. The number of H-pyrrole nitrogens is 1. The van der Waals surface area contributed by atoms with E-state index in [0.717, 1.165) is 66.1 Å². The third-order valence-corrected chi connectivity index (χ3v) is 6.55. The molecule has 1 unspecified atom stereocenters. The van der Waals surface area contributed by atoms with Crippen molar-refractivity contribution in [1.29, 1.82) is 0 Å². The molecule has 0 bridgehead atoms. The van der Waals surface area contributed by atoms with Gasteiger partial charge in [-0.05, 0) is 48.9 Å². The highest BCUT2D eigenvalue weighted by atomic mass is 19.1. The number of fused-ring (bicyclic) bond motifs is 2. The van der Waals surface area contributed by atoms with Gasteiger partial charge in [-0.25, -0.2) is 9.37 Å². The smallest absolute Gasteiger partial charge is 0.160 e. The summed E-state index contributed by atoms with van der Waals surface area (Å²) < 4.78 is 21.3. The molecule has 4 heterocycles. The van der Waals surface area contributed by atoms with Crippen LogP contribution in [0.5, 0.6) is 0 Å². The zero-order valence-corrected chi connectivity index (χ0v) is 20.1. The predicted molar refractivity (Wildman–Crippen MR) is 138 cm³/mol. The number of pyridine rings is 2. The number of methoxy groups -OCH3 is 1. The van der Waals surface area contributed by atoms with Gasteiger partial charge in [0.2, 0.25) is 0 Å². The Morgan fingerprint density at radius 3 is 2.89 bits per heavy atom. The highest BCUT2D eigenvalue weighted by molar-refractivity contribution is 5.83. The monoisotopic (exact) mass is 471 g/mol. The van der Waals surface area contributed by atoms with Crippen LogP contribution >= 0.6 is 0 Å². The molecular weight excluding hydrogens is 441 g/mol. The van der Waals surface area contributed by atoms with Gasteiger partial charge in [-0.1, -0.05) is 25.1 Å². The number of rotatable bonds is 10. The number of para-hydroxylation sites is 1. The molecule has 5 aromatic rings. The fourth-order valence-electron chi connectivity index (χ4n) is 4.68. The average molecular weight is 472 g/mol. The van der Waals surface area contributed by atoms with Crippen molar-refractivity contribution in [2.45, 2.75) is 32.1 Å². The third-order valence-electron chi connectivity index (χ3n) is 6.55. The van der Waals surface area contributed by atoms with Crippen molar-refractivity contribution in [1.82, 2.24) is 19.4 Å². The van der Waals surface area contributed by atoms with E-state index in [0.29, 0.717) is 5.92 Å². The van der Waals surface area contributed by atoms with Crippen molar-refractivity contribution in [3.8, 4) is 11.1 Å². The first-order valence-corrected chi connectivity index (χ1v) is 12.0. The minimum Gasteiger partial charge on any atom is -0.385 e. The maximum absolute atomic E-state index is 14.0. The van der Waals surface area contributed by atoms with E-state index in [4.69, 9.17) is 9.72 Å². The van der Waals surface area contributed by atoms with Crippen molar-refractivity contribution < 1.29 is 9.13 Å². The number of nitrogens with zero attached hydrogens (tertiary/aromatic N) is 3. The maximum atomic E-state index is 14.0. The Morgan fingerprint density at radius 1 is 1.14 bits per heavy atom. The molecular formula is C28H30FN5O. The van der Waals surface area contributed by atoms with Crippen LogP contribution in [0.1, 0.15) is 36.9 Å². The zero-order chi connectivity index (χ0) is 24.2. The van der Waals surface area contributed by atoms with E-state index in [1.54, 1.807) is 13.3 Å². The van der Waals surface area contributed by atoms with Gasteiger partial charge in [0.25, 0.3) is 0 Å². The van der Waals surface area contributed by atoms with E-state index < -0.39 is 0 Å². The van der Waals surface area contributed by atoms with Crippen LogP contribution in [0.25, 0.3) is 27.7 Å². The Balaban J connectivity index is 1.46. The second-order valence-electron chi connectivity index (χ2n) is 8.98. The summed E-state index contributed by atoms with van der Waals surface area (Å²) in [6, 6.07) is 11.9. The number of nitrogens with one attached hydrogen (secondary N) is 2. The lowest BCUT2D eigenvalue weighted by atomic mass is 10.0. The van der Waals surface area contributed by atoms with Crippen molar-refractivity contribution in [3.05, 3.63) is 84.5 Å². The summed E-state index contributed by atoms with van der Waals surface area (Å²) in [7, 11) is 1.73. The van der Waals surface area contributed by atoms with Crippen LogP contribution in [0.4, 0.5) is 10.1 Å². The Labute approximate surface area is 204 Å². The predicted octanol–water partition coefficient (Wildman–Crippen LogP) is 6.20. The summed E-state index contributed by atoms with van der Waals surface area (Å²) in [4.78, 5) is 12.2. The Kier molecular flexibility index (Phi) is 6.77. The summed E-state index contributed by atoms with van der Waals surface area (Å²) in [6.07, 6.45) is 11.8. The molecule has 0 aliphatic rings. The van der Waals surface area contributed by atoms with Crippen LogP contribution in [0.2, 0.25) is 0 Å². The van der Waals surface area contributed by atoms with E-state index in [-0.39, 0.29) is 5.82 Å². The number of halogens is 1. The van der Waals surface area contributed by atoms with Crippen molar-refractivity contribution in [2.75, 3.05) is 25.6 Å². The normalized spacial score (nSPS) is 12.4. The van der Waals surface area contributed by atoms with Gasteiger partial charge in [0.15, 0.2) is 5.65 Å². The van der Waals surface area contributed by atoms with Gasteiger partial charge in [-0.15, -0.1) is 0 Å². The molecule has 180 valence electrons. The number of benzene rings is 1. The van der Waals surface area contributed by atoms with Gasteiger partial charge in [-0.2, -0.15) is 0 Å². The van der Waals surface area contributed by atoms with Gasteiger partial charge in [-0.3, -0.25) is 4.98 Å². The number of hydrogen-bond acceptors (Lipinski definition) is 4. The lowest BCUT2D eigenvalue weighted by Gasteiger charge is -2.15. The van der Waals surface area contributed by atoms with Crippen LogP contribution in [-0.4, -0.2) is 39.6 Å². The highest BCUT2D eigenvalue weighted by Crippen LogP contribution is 2.30. The third kappa shape index (κ3) is 4.91. The van der Waals surface area contributed by atoms with E-state index in [1.165, 1.54) is 23.2 Å². The molecule has 0 aliphatic carbocycles. The summed E-state index contributed by atoms with van der Waals surface area (Å²) in [6.45, 7) is 3.69. The van der Waals surface area contributed by atoms with Gasteiger partial charge >= 0.3 is 0 Å². The molecule has 0 fully saturated rings. The minimum atomic E-state index is -0.352. The second kappa shape index (κ2) is 10.3. The standard InChI is InChI=1S/C28H30FN5O/c1-19(6-5-11-35-2)27-17-33-28-26(13-22(18-34(27)28)21-12-23(29)16-30-14-21)31-10-9-20-15-32-25-8-4-3-7-24(20)25/h3-4,7-8,12-19,31-32H,5-6,9-11H2,1-2H3. The summed E-state index contributed by atoms with van der Waals surface area (Å²) in [5, 5.41) is 4.83. The van der Waals surface area contributed by atoms with E-state index in [1.807, 2.05) is 24.5 Å². The molecule has 0 spiro atoms. The fraction of sp³-hybridized carbons (Fsp3) is 0.286. The molecule has 0 saturated heterocycles. The van der Waals surface area contributed by atoms with Crippen LogP contribution in [0, 0.1) is 5.82 Å². The summed E-state index contributed by atoms with van der Waals surface area (Å²) >= 11 is 0. The van der Waals surface area contributed by atoms with Crippen LogP contribution in [0.15, 0.2) is 67.4 Å². The molecule has 4 aromatic heterocycles. The molecule has 7 heteroatoms. The number of ether oxygens (including phenoxy) is 1. The number of aromatic amines is 1. The quantitative estimate of drug-likeness (QED) is 0.238. The first-order valence-electron chi connectivity index (χ1n) is 12.0. The first kappa shape index (κ1) is 23.1. The van der Waals surface area contributed by atoms with Crippen LogP contribution < -0.4 is 5.32 Å². The second-order valence-corrected chi connectivity index (χ2v) is 8.98. The highest BCUT2D eigenvalue weighted by Gasteiger charge is 2.16. The van der Waals surface area contributed by atoms with Crippen LogP contribution in [0.3, 0.4) is 0 Å². The number of anilines is 1. The zero-order valence-electron chi connectivity index (χ0n) is 20.1.